The average molecular weight is 446 g/mol. The smallest absolute Gasteiger partial charge is 0.265 e. The van der Waals surface area contributed by atoms with Crippen LogP contribution < -0.4 is 15.0 Å². The van der Waals surface area contributed by atoms with Crippen LogP contribution in [0, 0.1) is 11.3 Å². The first kappa shape index (κ1) is 21.4. The zero-order chi connectivity index (χ0) is 22.5. The maximum atomic E-state index is 12.5. The van der Waals surface area contributed by atoms with Crippen molar-refractivity contribution in [3.8, 4) is 11.8 Å². The third-order valence-electron chi connectivity index (χ3n) is 5.23. The number of carbonyl (C=O) groups is 2. The Morgan fingerprint density at radius 3 is 2.62 bits per heavy atom. The minimum Gasteiger partial charge on any atom is -0.482 e. The summed E-state index contributed by atoms with van der Waals surface area (Å²) in [5.41, 5.74) is 2.72. The summed E-state index contributed by atoms with van der Waals surface area (Å²) in [6.45, 7) is 0.193. The number of hydrogen-bond donors (Lipinski definition) is 1. The van der Waals surface area contributed by atoms with Gasteiger partial charge in [-0.25, -0.2) is 0 Å². The predicted molar refractivity (Wildman–Crippen MR) is 123 cm³/mol. The summed E-state index contributed by atoms with van der Waals surface area (Å²) in [7, 11) is 0. The van der Waals surface area contributed by atoms with Crippen LogP contribution in [0.15, 0.2) is 72.8 Å². The number of para-hydroxylation sites is 2. The first-order chi connectivity index (χ1) is 15.6. The van der Waals surface area contributed by atoms with Gasteiger partial charge in [-0.2, -0.15) is 5.26 Å². The van der Waals surface area contributed by atoms with Crippen molar-refractivity contribution in [2.45, 2.75) is 12.3 Å². The van der Waals surface area contributed by atoms with E-state index in [4.69, 9.17) is 16.3 Å². The van der Waals surface area contributed by atoms with Crippen molar-refractivity contribution in [1.29, 1.82) is 5.26 Å². The van der Waals surface area contributed by atoms with E-state index in [0.29, 0.717) is 27.7 Å². The Morgan fingerprint density at radius 1 is 1.12 bits per heavy atom. The highest BCUT2D eigenvalue weighted by atomic mass is 35.5. The lowest BCUT2D eigenvalue weighted by atomic mass is 9.92. The molecule has 0 saturated heterocycles. The number of ether oxygens (including phenoxy) is 1. The molecular formula is C25H20ClN3O3. The quantitative estimate of drug-likeness (QED) is 0.593. The number of carbonyl (C=O) groups excluding carboxylic acids is 2. The molecule has 1 heterocycles. The zero-order valence-corrected chi connectivity index (χ0v) is 17.9. The molecule has 2 amide bonds. The molecule has 32 heavy (non-hydrogen) atoms. The molecule has 0 aromatic heterocycles. The van der Waals surface area contributed by atoms with Crippen molar-refractivity contribution >= 4 is 34.8 Å². The molecule has 3 aromatic rings. The summed E-state index contributed by atoms with van der Waals surface area (Å²) >= 11 is 6.44. The summed E-state index contributed by atoms with van der Waals surface area (Å²) < 4.78 is 5.42. The van der Waals surface area contributed by atoms with Crippen molar-refractivity contribution in [3.63, 3.8) is 0 Å². The van der Waals surface area contributed by atoms with Crippen molar-refractivity contribution in [3.05, 3.63) is 88.9 Å². The number of fused-ring (bicyclic) bond motifs is 1. The highest BCUT2D eigenvalue weighted by Gasteiger charge is 2.25. The number of rotatable bonds is 6. The van der Waals surface area contributed by atoms with Crippen molar-refractivity contribution in [2.75, 3.05) is 23.4 Å². The number of benzene rings is 3. The van der Waals surface area contributed by atoms with Gasteiger partial charge in [-0.05, 0) is 35.4 Å². The van der Waals surface area contributed by atoms with E-state index in [-0.39, 0.29) is 31.4 Å². The monoisotopic (exact) mass is 445 g/mol. The highest BCUT2D eigenvalue weighted by Crippen LogP contribution is 2.33. The van der Waals surface area contributed by atoms with Crippen LogP contribution in [0.4, 0.5) is 11.4 Å². The van der Waals surface area contributed by atoms with Gasteiger partial charge in [0.05, 0.1) is 17.7 Å². The van der Waals surface area contributed by atoms with Crippen LogP contribution in [0.3, 0.4) is 0 Å². The molecule has 6 nitrogen and oxygen atoms in total. The van der Waals surface area contributed by atoms with Crippen molar-refractivity contribution in [2.24, 2.45) is 0 Å². The number of nitrogens with one attached hydrogen (secondary N) is 1. The van der Waals surface area contributed by atoms with Gasteiger partial charge in [-0.15, -0.1) is 0 Å². The van der Waals surface area contributed by atoms with Gasteiger partial charge in [0, 0.05) is 23.7 Å². The van der Waals surface area contributed by atoms with Gasteiger partial charge in [0.25, 0.3) is 5.91 Å². The van der Waals surface area contributed by atoms with Gasteiger partial charge in [0.1, 0.15) is 5.75 Å². The average Bonchev–Trinajstić information content (AvgIpc) is 2.81. The summed E-state index contributed by atoms with van der Waals surface area (Å²) in [6.07, 6.45) is 0.115. The summed E-state index contributed by atoms with van der Waals surface area (Å²) in [6, 6.07) is 24.0. The third kappa shape index (κ3) is 4.58. The molecule has 0 unspecified atom stereocenters. The van der Waals surface area contributed by atoms with Gasteiger partial charge >= 0.3 is 0 Å². The van der Waals surface area contributed by atoms with Crippen LogP contribution in [-0.2, 0) is 9.59 Å². The van der Waals surface area contributed by atoms with Crippen LogP contribution in [0.1, 0.15) is 23.5 Å². The number of nitriles is 1. The van der Waals surface area contributed by atoms with E-state index in [0.717, 1.165) is 5.56 Å². The summed E-state index contributed by atoms with van der Waals surface area (Å²) in [4.78, 5) is 26.3. The van der Waals surface area contributed by atoms with Gasteiger partial charge in [0.15, 0.2) is 6.61 Å². The lowest BCUT2D eigenvalue weighted by molar-refractivity contribution is -0.121. The van der Waals surface area contributed by atoms with Crippen LogP contribution in [-0.4, -0.2) is 25.0 Å². The van der Waals surface area contributed by atoms with Gasteiger partial charge < -0.3 is 15.0 Å². The molecule has 1 atom stereocenters. The van der Waals surface area contributed by atoms with Crippen LogP contribution in [0.25, 0.3) is 0 Å². The van der Waals surface area contributed by atoms with E-state index in [1.165, 1.54) is 0 Å². The van der Waals surface area contributed by atoms with E-state index in [1.807, 2.05) is 42.5 Å². The molecule has 7 heteroatoms. The molecule has 0 saturated carbocycles. The van der Waals surface area contributed by atoms with E-state index in [1.54, 1.807) is 35.2 Å². The Hall–Kier alpha value is -3.82. The molecule has 1 aliphatic heterocycles. The van der Waals surface area contributed by atoms with Gasteiger partial charge in [-0.3, -0.25) is 9.59 Å². The molecule has 1 N–H and O–H groups in total. The minimum atomic E-state index is -0.499. The maximum Gasteiger partial charge on any atom is 0.265 e. The van der Waals surface area contributed by atoms with E-state index in [2.05, 4.69) is 11.4 Å². The largest absolute Gasteiger partial charge is 0.482 e. The molecule has 3 aromatic carbocycles. The second kappa shape index (κ2) is 9.54. The first-order valence-electron chi connectivity index (χ1n) is 10.1. The van der Waals surface area contributed by atoms with E-state index >= 15 is 0 Å². The Kier molecular flexibility index (Phi) is 6.39. The fourth-order valence-electron chi connectivity index (χ4n) is 3.64. The summed E-state index contributed by atoms with van der Waals surface area (Å²) in [5, 5.41) is 12.8. The maximum absolute atomic E-state index is 12.5. The zero-order valence-electron chi connectivity index (χ0n) is 17.1. The SMILES string of the molecule is N#C[C@@H](c1ccccc1)c1ccc(NC(=O)CCN2C(=O)COc3ccccc32)cc1Cl. The molecule has 0 aliphatic carbocycles. The molecule has 0 bridgehead atoms. The fraction of sp³-hybridized carbons (Fsp3) is 0.160. The Balaban J connectivity index is 1.42. The Bertz CT molecular complexity index is 1190. The molecule has 0 spiro atoms. The number of halogens is 1. The fourth-order valence-corrected chi connectivity index (χ4v) is 3.93. The lowest BCUT2D eigenvalue weighted by Crippen LogP contribution is -2.40. The third-order valence-corrected chi connectivity index (χ3v) is 5.56. The van der Waals surface area contributed by atoms with E-state index in [9.17, 15) is 14.9 Å². The van der Waals surface area contributed by atoms with Crippen molar-refractivity contribution < 1.29 is 14.3 Å². The van der Waals surface area contributed by atoms with Gasteiger partial charge in [0.2, 0.25) is 5.91 Å². The van der Waals surface area contributed by atoms with Crippen LogP contribution >= 0.6 is 11.6 Å². The highest BCUT2D eigenvalue weighted by molar-refractivity contribution is 6.31. The normalized spacial score (nSPS) is 13.5. The number of amides is 2. The number of nitrogens with zero attached hydrogens (tertiary/aromatic N) is 2. The molecular weight excluding hydrogens is 426 g/mol. The van der Waals surface area contributed by atoms with Crippen LogP contribution in [0.2, 0.25) is 5.02 Å². The molecule has 4 rings (SSSR count). The molecule has 160 valence electrons. The van der Waals surface area contributed by atoms with Crippen LogP contribution in [0.5, 0.6) is 5.75 Å². The van der Waals surface area contributed by atoms with Gasteiger partial charge in [-0.1, -0.05) is 60.1 Å². The lowest BCUT2D eigenvalue weighted by Gasteiger charge is -2.29. The standard InChI is InChI=1S/C25H20ClN3O3/c26-21-14-18(10-11-19(21)20(15-27)17-6-2-1-3-7-17)28-24(30)12-13-29-22-8-4-5-9-23(22)32-16-25(29)31/h1-11,14,20H,12-13,16H2,(H,28,30)/t20-/m0/s1. The minimum absolute atomic E-state index is 0.0445. The van der Waals surface area contributed by atoms with Crippen molar-refractivity contribution in [1.82, 2.24) is 0 Å². The Labute approximate surface area is 191 Å². The summed E-state index contributed by atoms with van der Waals surface area (Å²) in [5.74, 6) is -0.306. The molecule has 1 aliphatic rings. The number of hydrogen-bond acceptors (Lipinski definition) is 4. The Morgan fingerprint density at radius 2 is 1.88 bits per heavy atom. The second-order valence-electron chi connectivity index (χ2n) is 7.31. The first-order valence-corrected chi connectivity index (χ1v) is 10.5. The second-order valence-corrected chi connectivity index (χ2v) is 7.72. The molecule has 0 fully saturated rings. The topological polar surface area (TPSA) is 82.4 Å². The van der Waals surface area contributed by atoms with E-state index < -0.39 is 5.92 Å². The number of anilines is 2. The molecule has 0 radical (unpaired) electrons. The predicted octanol–water partition coefficient (Wildman–Crippen LogP) is 4.75.